The molecule has 0 radical (unpaired) electrons. The Hall–Kier alpha value is 0.440. The highest BCUT2D eigenvalue weighted by atomic mass is 35.5. The zero-order chi connectivity index (χ0) is 10.3. The smallest absolute Gasteiger partial charge is 0.312 e. The standard InChI is InChI=1S/C9H16ClO3P/c1-12-14(11,13-2)9-7-4-3-6(5-7)8(9)10/h6-9H,3-5H2,1-2H3/t6-,7+,8-,9-/m0/s1. The summed E-state index contributed by atoms with van der Waals surface area (Å²) in [6.45, 7) is 0. The maximum absolute atomic E-state index is 12.2. The van der Waals surface area contributed by atoms with Crippen molar-refractivity contribution in [1.82, 2.24) is 0 Å². The van der Waals surface area contributed by atoms with Crippen LogP contribution in [0.5, 0.6) is 0 Å². The van der Waals surface area contributed by atoms with Crippen molar-refractivity contribution in [3.63, 3.8) is 0 Å². The van der Waals surface area contributed by atoms with Gasteiger partial charge in [-0.25, -0.2) is 0 Å². The third-order valence-corrected chi connectivity index (χ3v) is 6.94. The van der Waals surface area contributed by atoms with E-state index in [1.807, 2.05) is 0 Å². The Morgan fingerprint density at radius 3 is 2.21 bits per heavy atom. The van der Waals surface area contributed by atoms with Crippen LogP contribution in [0, 0.1) is 11.8 Å². The van der Waals surface area contributed by atoms with Gasteiger partial charge in [0.05, 0.1) is 11.0 Å². The van der Waals surface area contributed by atoms with Gasteiger partial charge in [-0.3, -0.25) is 4.57 Å². The second-order valence-corrected chi connectivity index (χ2v) is 7.08. The van der Waals surface area contributed by atoms with E-state index in [9.17, 15) is 4.57 Å². The summed E-state index contributed by atoms with van der Waals surface area (Å²) < 4.78 is 22.3. The first-order valence-corrected chi connectivity index (χ1v) is 7.02. The molecule has 4 atom stereocenters. The average Bonchev–Trinajstić information content (AvgIpc) is 2.77. The summed E-state index contributed by atoms with van der Waals surface area (Å²) in [4.78, 5) is 0. The number of hydrogen-bond donors (Lipinski definition) is 0. The van der Waals surface area contributed by atoms with Crippen molar-refractivity contribution in [2.75, 3.05) is 14.2 Å². The van der Waals surface area contributed by atoms with Crippen LogP contribution in [0.2, 0.25) is 0 Å². The Kier molecular flexibility index (Phi) is 2.96. The molecule has 2 aliphatic rings. The maximum Gasteiger partial charge on any atom is 0.334 e. The van der Waals surface area contributed by atoms with Crippen molar-refractivity contribution in [2.24, 2.45) is 11.8 Å². The molecule has 2 fully saturated rings. The molecule has 0 amide bonds. The van der Waals surface area contributed by atoms with Gasteiger partial charge in [0.2, 0.25) is 0 Å². The van der Waals surface area contributed by atoms with Crippen LogP contribution in [0.3, 0.4) is 0 Å². The van der Waals surface area contributed by atoms with E-state index in [-0.39, 0.29) is 11.0 Å². The van der Waals surface area contributed by atoms with E-state index in [4.69, 9.17) is 20.6 Å². The van der Waals surface area contributed by atoms with Crippen molar-refractivity contribution in [2.45, 2.75) is 30.3 Å². The zero-order valence-electron chi connectivity index (χ0n) is 8.48. The number of rotatable bonds is 3. The number of fused-ring (bicyclic) bond motifs is 2. The average molecular weight is 239 g/mol. The van der Waals surface area contributed by atoms with Crippen molar-refractivity contribution in [1.29, 1.82) is 0 Å². The first kappa shape index (κ1) is 10.9. The van der Waals surface area contributed by atoms with E-state index in [0.717, 1.165) is 12.8 Å². The van der Waals surface area contributed by atoms with Crippen LogP contribution in [0.1, 0.15) is 19.3 Å². The monoisotopic (exact) mass is 238 g/mol. The summed E-state index contributed by atoms with van der Waals surface area (Å²) in [5.41, 5.74) is -0.0853. The van der Waals surface area contributed by atoms with Crippen LogP contribution in [-0.4, -0.2) is 25.3 Å². The maximum atomic E-state index is 12.2. The van der Waals surface area contributed by atoms with Gasteiger partial charge in [0.1, 0.15) is 0 Å². The van der Waals surface area contributed by atoms with Crippen LogP contribution in [-0.2, 0) is 13.6 Å². The van der Waals surface area contributed by atoms with E-state index in [1.54, 1.807) is 0 Å². The molecule has 0 unspecified atom stereocenters. The summed E-state index contributed by atoms with van der Waals surface area (Å²) >= 11 is 6.28. The third kappa shape index (κ3) is 1.46. The van der Waals surface area contributed by atoms with Gasteiger partial charge < -0.3 is 9.05 Å². The van der Waals surface area contributed by atoms with Gasteiger partial charge in [-0.05, 0) is 31.1 Å². The van der Waals surface area contributed by atoms with E-state index in [1.165, 1.54) is 20.6 Å². The Morgan fingerprint density at radius 1 is 1.21 bits per heavy atom. The molecule has 82 valence electrons. The van der Waals surface area contributed by atoms with Gasteiger partial charge in [-0.15, -0.1) is 11.6 Å². The first-order chi connectivity index (χ1) is 6.62. The molecule has 3 nitrogen and oxygen atoms in total. The summed E-state index contributed by atoms with van der Waals surface area (Å²) in [5, 5.41) is -0.0283. The number of hydrogen-bond acceptors (Lipinski definition) is 3. The number of alkyl halides is 1. The molecule has 0 N–H and O–H groups in total. The first-order valence-electron chi connectivity index (χ1n) is 4.97. The van der Waals surface area contributed by atoms with Crippen molar-refractivity contribution < 1.29 is 13.6 Å². The molecule has 0 saturated heterocycles. The quantitative estimate of drug-likeness (QED) is 0.560. The second kappa shape index (κ2) is 3.79. The fourth-order valence-electron chi connectivity index (χ4n) is 2.94. The molecule has 2 aliphatic carbocycles. The Labute approximate surface area is 89.6 Å². The topological polar surface area (TPSA) is 35.5 Å². The van der Waals surface area contributed by atoms with Crippen LogP contribution in [0.15, 0.2) is 0 Å². The molecule has 2 bridgehead atoms. The normalized spacial score (nSPS) is 41.9. The van der Waals surface area contributed by atoms with Gasteiger partial charge in [0.15, 0.2) is 0 Å². The molecule has 2 rings (SSSR count). The van der Waals surface area contributed by atoms with E-state index in [2.05, 4.69) is 0 Å². The molecule has 0 heterocycles. The van der Waals surface area contributed by atoms with Gasteiger partial charge in [0.25, 0.3) is 0 Å². The molecule has 0 aliphatic heterocycles. The van der Waals surface area contributed by atoms with Gasteiger partial charge in [-0.1, -0.05) is 0 Å². The molecule has 2 saturated carbocycles. The third-order valence-electron chi connectivity index (χ3n) is 3.65. The fourth-order valence-corrected chi connectivity index (χ4v) is 5.81. The summed E-state index contributed by atoms with van der Waals surface area (Å²) in [6, 6.07) is 0. The largest absolute Gasteiger partial charge is 0.334 e. The molecule has 5 heteroatoms. The summed E-state index contributed by atoms with van der Waals surface area (Å²) in [5.74, 6) is 0.957. The van der Waals surface area contributed by atoms with Gasteiger partial charge in [0, 0.05) is 14.2 Å². The highest BCUT2D eigenvalue weighted by molar-refractivity contribution is 7.54. The van der Waals surface area contributed by atoms with Crippen LogP contribution >= 0.6 is 19.2 Å². The molecular weight excluding hydrogens is 223 g/mol. The fraction of sp³-hybridized carbons (Fsp3) is 1.00. The van der Waals surface area contributed by atoms with Crippen LogP contribution in [0.25, 0.3) is 0 Å². The molecule has 0 aromatic rings. The van der Waals surface area contributed by atoms with Crippen LogP contribution in [0.4, 0.5) is 0 Å². The van der Waals surface area contributed by atoms with Crippen molar-refractivity contribution in [3.05, 3.63) is 0 Å². The highest BCUT2D eigenvalue weighted by Crippen LogP contribution is 2.65. The molecular formula is C9H16ClO3P. The lowest BCUT2D eigenvalue weighted by molar-refractivity contribution is 0.253. The Morgan fingerprint density at radius 2 is 1.79 bits per heavy atom. The lowest BCUT2D eigenvalue weighted by atomic mass is 10.00. The number of halogens is 1. The minimum absolute atomic E-state index is 0.0283. The zero-order valence-corrected chi connectivity index (χ0v) is 10.1. The molecule has 0 spiro atoms. The molecule has 0 aromatic heterocycles. The van der Waals surface area contributed by atoms with E-state index < -0.39 is 7.60 Å². The summed E-state index contributed by atoms with van der Waals surface area (Å²) in [7, 11) is -0.0705. The lowest BCUT2D eigenvalue weighted by Gasteiger charge is -2.30. The molecule has 14 heavy (non-hydrogen) atoms. The van der Waals surface area contributed by atoms with Crippen LogP contribution < -0.4 is 0 Å². The predicted molar refractivity (Wildman–Crippen MR) is 55.9 cm³/mol. The minimum atomic E-state index is -2.96. The van der Waals surface area contributed by atoms with Gasteiger partial charge >= 0.3 is 7.60 Å². The summed E-state index contributed by atoms with van der Waals surface area (Å²) in [6.07, 6.45) is 3.38. The minimum Gasteiger partial charge on any atom is -0.312 e. The Balaban J connectivity index is 2.22. The second-order valence-electron chi connectivity index (χ2n) is 4.17. The van der Waals surface area contributed by atoms with Crippen molar-refractivity contribution >= 4 is 19.2 Å². The lowest BCUT2D eigenvalue weighted by Crippen LogP contribution is -2.29. The Bertz CT molecular complexity index is 261. The predicted octanol–water partition coefficient (Wildman–Crippen LogP) is 2.88. The highest BCUT2D eigenvalue weighted by Gasteiger charge is 2.55. The van der Waals surface area contributed by atoms with E-state index >= 15 is 0 Å². The van der Waals surface area contributed by atoms with Gasteiger partial charge in [-0.2, -0.15) is 0 Å². The SMILES string of the molecule is COP(=O)(OC)[C@H]1[C@@H]2CC[C@@H](C2)[C@@H]1Cl. The van der Waals surface area contributed by atoms with E-state index in [0.29, 0.717) is 11.8 Å². The van der Waals surface area contributed by atoms with Crippen molar-refractivity contribution in [3.8, 4) is 0 Å². The molecule has 0 aromatic carbocycles.